The van der Waals surface area contributed by atoms with E-state index in [4.69, 9.17) is 15.0 Å². The fourth-order valence-corrected chi connectivity index (χ4v) is 9.06. The molecule has 0 unspecified atom stereocenters. The summed E-state index contributed by atoms with van der Waals surface area (Å²) in [5.41, 5.74) is 14.4. The molecule has 0 atom stereocenters. The van der Waals surface area contributed by atoms with Crippen LogP contribution in [0.15, 0.2) is 224 Å². The van der Waals surface area contributed by atoms with Gasteiger partial charge in [-0.3, -0.25) is 4.57 Å². The highest BCUT2D eigenvalue weighted by Gasteiger charge is 2.23. The molecule has 0 saturated heterocycles. The quantitative estimate of drug-likeness (QED) is 0.162. The van der Waals surface area contributed by atoms with Crippen molar-refractivity contribution in [1.29, 1.82) is 0 Å². The molecule has 0 aliphatic heterocycles. The summed E-state index contributed by atoms with van der Waals surface area (Å²) in [7, 11) is 0. The Kier molecular flexibility index (Phi) is 8.42. The lowest BCUT2D eigenvalue weighted by Crippen LogP contribution is -2.07. The van der Waals surface area contributed by atoms with Crippen LogP contribution < -0.4 is 0 Å². The van der Waals surface area contributed by atoms with E-state index in [1.54, 1.807) is 0 Å². The first-order valence-corrected chi connectivity index (χ1v) is 20.9. The highest BCUT2D eigenvalue weighted by atomic mass is 15.2. The zero-order valence-corrected chi connectivity index (χ0v) is 33.6. The first kappa shape index (κ1) is 35.5. The number of benzene rings is 9. The zero-order chi connectivity index (χ0) is 41.0. The Labute approximate surface area is 358 Å². The number of para-hydroxylation sites is 2. The Morgan fingerprint density at radius 3 is 1.16 bits per heavy atom. The molecule has 0 aliphatic rings. The van der Waals surface area contributed by atoms with Crippen LogP contribution in [0.25, 0.3) is 111 Å². The molecule has 12 rings (SSSR count). The second-order valence-corrected chi connectivity index (χ2v) is 15.7. The molecule has 3 heterocycles. The number of aromatic nitrogens is 5. The van der Waals surface area contributed by atoms with Crippen LogP contribution in [0, 0.1) is 0 Å². The fraction of sp³-hybridized carbons (Fsp3) is 0. The summed E-state index contributed by atoms with van der Waals surface area (Å²) in [5.74, 6) is 1.81. The standard InChI is InChI=1S/C57H37N5/c1-4-16-38(17-5-1)42-22-14-24-44(36-42)45-25-15-23-43(37-45)39-30-32-46(33-31-39)61-51-28-12-10-26-47(51)49-34-35-50-48-27-11-13-29-52(48)62(54(50)53(49)61)57-59-55(40-18-6-2-7-19-40)58-56(60-57)41-20-8-3-9-21-41/h1-37H. The Morgan fingerprint density at radius 2 is 0.645 bits per heavy atom. The molecule has 12 aromatic rings. The SMILES string of the molecule is c1ccc(-c2cccc(-c3cccc(-c4ccc(-n5c6ccccc6c6ccc7c8ccccc8n(-c8nc(-c9ccccc9)nc(-c9ccccc9)n8)c7c65)cc4)c3)c2)cc1. The number of rotatable bonds is 7. The molecule has 62 heavy (non-hydrogen) atoms. The second kappa shape index (κ2) is 14.7. The van der Waals surface area contributed by atoms with Crippen molar-refractivity contribution in [3.05, 3.63) is 224 Å². The molecule has 0 radical (unpaired) electrons. The molecular formula is C57H37N5. The minimum atomic E-state index is 0.567. The molecular weight excluding hydrogens is 755 g/mol. The van der Waals surface area contributed by atoms with Crippen molar-refractivity contribution in [3.63, 3.8) is 0 Å². The second-order valence-electron chi connectivity index (χ2n) is 15.7. The van der Waals surface area contributed by atoms with Gasteiger partial charge in [-0.1, -0.05) is 188 Å². The van der Waals surface area contributed by atoms with Crippen LogP contribution >= 0.6 is 0 Å². The third-order valence-corrected chi connectivity index (χ3v) is 12.0. The van der Waals surface area contributed by atoms with Gasteiger partial charge in [0.2, 0.25) is 5.95 Å². The van der Waals surface area contributed by atoms with Crippen molar-refractivity contribution >= 4 is 43.6 Å². The van der Waals surface area contributed by atoms with Crippen molar-refractivity contribution in [2.45, 2.75) is 0 Å². The number of hydrogen-bond donors (Lipinski definition) is 0. The summed E-state index contributed by atoms with van der Waals surface area (Å²) < 4.78 is 4.66. The molecule has 0 saturated carbocycles. The van der Waals surface area contributed by atoms with Gasteiger partial charge >= 0.3 is 0 Å². The van der Waals surface area contributed by atoms with Crippen LogP contribution in [0.4, 0.5) is 0 Å². The fourth-order valence-electron chi connectivity index (χ4n) is 9.06. The van der Waals surface area contributed by atoms with Crippen LogP contribution in [0.2, 0.25) is 0 Å². The van der Waals surface area contributed by atoms with Gasteiger partial charge in [-0.2, -0.15) is 9.97 Å². The van der Waals surface area contributed by atoms with Crippen LogP contribution in [-0.4, -0.2) is 24.1 Å². The molecule has 0 fully saturated rings. The monoisotopic (exact) mass is 791 g/mol. The maximum atomic E-state index is 5.26. The Balaban J connectivity index is 1.05. The summed E-state index contributed by atoms with van der Waals surface area (Å²) in [5, 5.41) is 4.60. The van der Waals surface area contributed by atoms with E-state index < -0.39 is 0 Å². The largest absolute Gasteiger partial charge is 0.307 e. The number of fused-ring (bicyclic) bond motifs is 7. The molecule has 0 N–H and O–H groups in total. The lowest BCUT2D eigenvalue weighted by Gasteiger charge is -2.14. The smallest absolute Gasteiger partial charge is 0.238 e. The van der Waals surface area contributed by atoms with Crippen LogP contribution in [0.5, 0.6) is 0 Å². The maximum Gasteiger partial charge on any atom is 0.238 e. The van der Waals surface area contributed by atoms with Crippen molar-refractivity contribution in [1.82, 2.24) is 24.1 Å². The lowest BCUT2D eigenvalue weighted by molar-refractivity contribution is 0.953. The van der Waals surface area contributed by atoms with Gasteiger partial charge in [0.25, 0.3) is 0 Å². The Hall–Kier alpha value is -8.41. The predicted octanol–water partition coefficient (Wildman–Crippen LogP) is 14.4. The molecule has 0 amide bonds. The molecule has 0 spiro atoms. The van der Waals surface area contributed by atoms with Crippen molar-refractivity contribution < 1.29 is 0 Å². The van der Waals surface area contributed by atoms with Gasteiger partial charge in [-0.25, -0.2) is 4.98 Å². The van der Waals surface area contributed by atoms with E-state index in [-0.39, 0.29) is 0 Å². The van der Waals surface area contributed by atoms with Gasteiger partial charge in [-0.15, -0.1) is 0 Å². The van der Waals surface area contributed by atoms with E-state index in [1.165, 1.54) is 33.2 Å². The summed E-state index contributed by atoms with van der Waals surface area (Å²) in [6, 6.07) is 79.4. The van der Waals surface area contributed by atoms with E-state index >= 15 is 0 Å². The van der Waals surface area contributed by atoms with Crippen molar-refractivity contribution in [2.24, 2.45) is 0 Å². The summed E-state index contributed by atoms with van der Waals surface area (Å²) >= 11 is 0. The van der Waals surface area contributed by atoms with Gasteiger partial charge in [0, 0.05) is 38.4 Å². The molecule has 0 aliphatic carbocycles. The number of nitrogens with zero attached hydrogens (tertiary/aromatic N) is 5. The Morgan fingerprint density at radius 1 is 0.258 bits per heavy atom. The van der Waals surface area contributed by atoms with Gasteiger partial charge < -0.3 is 4.57 Å². The van der Waals surface area contributed by atoms with Crippen LogP contribution in [0.3, 0.4) is 0 Å². The number of hydrogen-bond acceptors (Lipinski definition) is 3. The molecule has 5 heteroatoms. The normalized spacial score (nSPS) is 11.5. The summed E-state index contributed by atoms with van der Waals surface area (Å²) in [6.07, 6.45) is 0. The van der Waals surface area contributed by atoms with E-state index in [0.717, 1.165) is 60.6 Å². The third-order valence-electron chi connectivity index (χ3n) is 12.0. The molecule has 5 nitrogen and oxygen atoms in total. The van der Waals surface area contributed by atoms with Gasteiger partial charge in [-0.05, 0) is 69.8 Å². The lowest BCUT2D eigenvalue weighted by atomic mass is 9.96. The van der Waals surface area contributed by atoms with Crippen LogP contribution in [-0.2, 0) is 0 Å². The van der Waals surface area contributed by atoms with Gasteiger partial charge in [0.15, 0.2) is 11.6 Å². The average molecular weight is 792 g/mol. The minimum absolute atomic E-state index is 0.567. The predicted molar refractivity (Wildman–Crippen MR) is 256 cm³/mol. The van der Waals surface area contributed by atoms with Crippen molar-refractivity contribution in [3.8, 4) is 67.8 Å². The highest BCUT2D eigenvalue weighted by molar-refractivity contribution is 6.23. The molecule has 0 bridgehead atoms. The third kappa shape index (κ3) is 5.98. The Bertz CT molecular complexity index is 3550. The van der Waals surface area contributed by atoms with E-state index in [2.05, 4.69) is 197 Å². The van der Waals surface area contributed by atoms with E-state index in [9.17, 15) is 0 Å². The highest BCUT2D eigenvalue weighted by Crippen LogP contribution is 2.42. The first-order valence-electron chi connectivity index (χ1n) is 20.9. The average Bonchev–Trinajstić information content (AvgIpc) is 3.88. The molecule has 290 valence electrons. The van der Waals surface area contributed by atoms with Gasteiger partial charge in [0.1, 0.15) is 0 Å². The minimum Gasteiger partial charge on any atom is -0.307 e. The topological polar surface area (TPSA) is 48.5 Å². The summed E-state index contributed by atoms with van der Waals surface area (Å²) in [6.45, 7) is 0. The summed E-state index contributed by atoms with van der Waals surface area (Å²) in [4.78, 5) is 15.6. The molecule has 9 aromatic carbocycles. The van der Waals surface area contributed by atoms with E-state index in [0.29, 0.717) is 17.6 Å². The first-order chi connectivity index (χ1) is 30.7. The van der Waals surface area contributed by atoms with Crippen molar-refractivity contribution in [2.75, 3.05) is 0 Å². The van der Waals surface area contributed by atoms with Gasteiger partial charge in [0.05, 0.1) is 22.1 Å². The van der Waals surface area contributed by atoms with E-state index in [1.807, 2.05) is 36.4 Å². The van der Waals surface area contributed by atoms with Crippen LogP contribution in [0.1, 0.15) is 0 Å². The maximum absolute atomic E-state index is 5.26. The zero-order valence-electron chi connectivity index (χ0n) is 33.6. The molecule has 3 aromatic heterocycles.